The average molecular weight is 364 g/mol. The molecule has 3 N–H and O–H groups in total. The molecule has 0 amide bonds. The molecule has 1 aliphatic rings. The van der Waals surface area contributed by atoms with E-state index in [0.717, 1.165) is 22.1 Å². The third-order valence-electron chi connectivity index (χ3n) is 4.41. The molecule has 0 radical (unpaired) electrons. The Kier molecular flexibility index (Phi) is 6.33. The van der Waals surface area contributed by atoms with E-state index in [2.05, 4.69) is 0 Å². The highest BCUT2D eigenvalue weighted by Crippen LogP contribution is 2.30. The molecule has 0 aromatic heterocycles. The maximum atomic E-state index is 10.5. The fourth-order valence-electron chi connectivity index (χ4n) is 3.07. The van der Waals surface area contributed by atoms with E-state index in [1.54, 1.807) is 0 Å². The van der Waals surface area contributed by atoms with Crippen LogP contribution in [0.15, 0.2) is 42.5 Å². The summed E-state index contributed by atoms with van der Waals surface area (Å²) in [5.74, 6) is 0.757. The SMILES string of the molecule is CCSC1OC(CO)C(O)C(OCc2ccc3ccccc3c2)C1O. The van der Waals surface area contributed by atoms with Crippen molar-refractivity contribution < 1.29 is 24.8 Å². The third-order valence-corrected chi connectivity index (χ3v) is 5.46. The van der Waals surface area contributed by atoms with Crippen molar-refractivity contribution in [3.05, 3.63) is 48.0 Å². The minimum absolute atomic E-state index is 0.269. The summed E-state index contributed by atoms with van der Waals surface area (Å²) in [7, 11) is 0. The van der Waals surface area contributed by atoms with Crippen LogP contribution in [0.25, 0.3) is 10.8 Å². The highest BCUT2D eigenvalue weighted by Gasteiger charge is 2.45. The lowest BCUT2D eigenvalue weighted by molar-refractivity contribution is -0.223. The summed E-state index contributed by atoms with van der Waals surface area (Å²) in [6.07, 6.45) is -3.59. The molecule has 2 aromatic rings. The number of benzene rings is 2. The lowest BCUT2D eigenvalue weighted by Crippen LogP contribution is -2.58. The number of rotatable bonds is 6. The first kappa shape index (κ1) is 18.6. The molecule has 136 valence electrons. The number of aliphatic hydroxyl groups is 3. The molecule has 5 unspecified atom stereocenters. The zero-order valence-electron chi connectivity index (χ0n) is 14.1. The minimum atomic E-state index is -1.07. The Morgan fingerprint density at radius 2 is 1.84 bits per heavy atom. The van der Waals surface area contributed by atoms with Crippen LogP contribution in [0.1, 0.15) is 12.5 Å². The van der Waals surface area contributed by atoms with Gasteiger partial charge >= 0.3 is 0 Å². The van der Waals surface area contributed by atoms with Gasteiger partial charge in [-0.1, -0.05) is 43.3 Å². The van der Waals surface area contributed by atoms with Gasteiger partial charge in [0, 0.05) is 0 Å². The summed E-state index contributed by atoms with van der Waals surface area (Å²) in [6, 6.07) is 14.1. The molecule has 0 aliphatic carbocycles. The molecule has 1 aliphatic heterocycles. The molecule has 5 atom stereocenters. The number of aliphatic hydroxyl groups excluding tert-OH is 3. The van der Waals surface area contributed by atoms with Gasteiger partial charge in [0.15, 0.2) is 0 Å². The predicted molar refractivity (Wildman–Crippen MR) is 98.4 cm³/mol. The zero-order valence-corrected chi connectivity index (χ0v) is 14.9. The normalized spacial score (nSPS) is 29.8. The van der Waals surface area contributed by atoms with Gasteiger partial charge in [0.25, 0.3) is 0 Å². The quantitative estimate of drug-likeness (QED) is 0.727. The summed E-state index contributed by atoms with van der Waals surface area (Å²) in [5, 5.41) is 32.5. The molecular weight excluding hydrogens is 340 g/mol. The van der Waals surface area contributed by atoms with Crippen molar-refractivity contribution in [2.75, 3.05) is 12.4 Å². The predicted octanol–water partition coefficient (Wildman–Crippen LogP) is 1.92. The van der Waals surface area contributed by atoms with E-state index in [-0.39, 0.29) is 13.2 Å². The monoisotopic (exact) mass is 364 g/mol. The molecule has 2 aromatic carbocycles. The first-order valence-electron chi connectivity index (χ1n) is 8.47. The summed E-state index contributed by atoms with van der Waals surface area (Å²) in [6.45, 7) is 1.92. The number of thioether (sulfide) groups is 1. The van der Waals surface area contributed by atoms with Gasteiger partial charge in [-0.05, 0) is 28.2 Å². The second kappa shape index (κ2) is 8.49. The molecule has 5 nitrogen and oxygen atoms in total. The summed E-state index contributed by atoms with van der Waals surface area (Å²) in [5.41, 5.74) is 0.442. The van der Waals surface area contributed by atoms with Crippen molar-refractivity contribution in [2.45, 2.75) is 43.4 Å². The molecule has 6 heteroatoms. The largest absolute Gasteiger partial charge is 0.394 e. The zero-order chi connectivity index (χ0) is 17.8. The van der Waals surface area contributed by atoms with Crippen LogP contribution in [0.4, 0.5) is 0 Å². The molecule has 1 heterocycles. The maximum Gasteiger partial charge on any atom is 0.132 e. The van der Waals surface area contributed by atoms with E-state index in [0.29, 0.717) is 0 Å². The van der Waals surface area contributed by atoms with Gasteiger partial charge in [-0.25, -0.2) is 0 Å². The van der Waals surface area contributed by atoms with E-state index in [1.807, 2.05) is 49.4 Å². The number of fused-ring (bicyclic) bond motifs is 1. The number of hydrogen-bond donors (Lipinski definition) is 3. The lowest BCUT2D eigenvalue weighted by atomic mass is 10.00. The van der Waals surface area contributed by atoms with E-state index in [1.165, 1.54) is 11.8 Å². The van der Waals surface area contributed by atoms with Crippen molar-refractivity contribution in [1.29, 1.82) is 0 Å². The third kappa shape index (κ3) is 4.16. The van der Waals surface area contributed by atoms with Gasteiger partial charge in [-0.2, -0.15) is 0 Å². The fourth-order valence-corrected chi connectivity index (χ4v) is 3.97. The molecule has 0 spiro atoms. The van der Waals surface area contributed by atoms with Crippen molar-refractivity contribution in [1.82, 2.24) is 0 Å². The minimum Gasteiger partial charge on any atom is -0.394 e. The van der Waals surface area contributed by atoms with Crippen LogP contribution in [0, 0.1) is 0 Å². The fraction of sp³-hybridized carbons (Fsp3) is 0.474. The van der Waals surface area contributed by atoms with Crippen molar-refractivity contribution >= 4 is 22.5 Å². The summed E-state index contributed by atoms with van der Waals surface area (Å²) < 4.78 is 11.4. The Morgan fingerprint density at radius 3 is 2.56 bits per heavy atom. The van der Waals surface area contributed by atoms with Crippen molar-refractivity contribution in [3.8, 4) is 0 Å². The second-order valence-corrected chi connectivity index (χ2v) is 7.49. The van der Waals surface area contributed by atoms with Crippen LogP contribution in [0.3, 0.4) is 0 Å². The van der Waals surface area contributed by atoms with E-state index in [4.69, 9.17) is 9.47 Å². The van der Waals surface area contributed by atoms with Gasteiger partial charge in [0.05, 0.1) is 13.2 Å². The number of ether oxygens (including phenoxy) is 2. The Labute approximate surface area is 151 Å². The molecule has 3 rings (SSSR count). The number of hydrogen-bond acceptors (Lipinski definition) is 6. The van der Waals surface area contributed by atoms with Gasteiger partial charge in [-0.15, -0.1) is 11.8 Å². The van der Waals surface area contributed by atoms with Gasteiger partial charge in [-0.3, -0.25) is 0 Å². The molecule has 1 saturated heterocycles. The maximum absolute atomic E-state index is 10.5. The van der Waals surface area contributed by atoms with Gasteiger partial charge < -0.3 is 24.8 Å². The topological polar surface area (TPSA) is 79.2 Å². The molecular formula is C19H24O5S. The highest BCUT2D eigenvalue weighted by atomic mass is 32.2. The van der Waals surface area contributed by atoms with Crippen LogP contribution in [0.5, 0.6) is 0 Å². The second-order valence-electron chi connectivity index (χ2n) is 6.12. The van der Waals surface area contributed by atoms with E-state index >= 15 is 0 Å². The Bertz CT molecular complexity index is 694. The first-order chi connectivity index (χ1) is 12.1. The summed E-state index contributed by atoms with van der Waals surface area (Å²) in [4.78, 5) is 0. The summed E-state index contributed by atoms with van der Waals surface area (Å²) >= 11 is 1.43. The molecule has 1 fully saturated rings. The van der Waals surface area contributed by atoms with E-state index < -0.39 is 29.9 Å². The smallest absolute Gasteiger partial charge is 0.132 e. The van der Waals surface area contributed by atoms with Crippen LogP contribution in [0.2, 0.25) is 0 Å². The standard InChI is InChI=1S/C19H24O5S/c1-2-25-19-17(22)18(16(21)15(10-20)24-19)23-11-12-7-8-13-5-3-4-6-14(13)9-12/h3-9,15-22H,2,10-11H2,1H3. The van der Waals surface area contributed by atoms with Gasteiger partial charge in [0.1, 0.15) is 29.9 Å². The Balaban J connectivity index is 1.72. The molecule has 25 heavy (non-hydrogen) atoms. The average Bonchev–Trinajstić information content (AvgIpc) is 2.64. The van der Waals surface area contributed by atoms with Crippen LogP contribution < -0.4 is 0 Å². The van der Waals surface area contributed by atoms with Crippen molar-refractivity contribution in [2.24, 2.45) is 0 Å². The van der Waals surface area contributed by atoms with E-state index in [9.17, 15) is 15.3 Å². The molecule has 0 saturated carbocycles. The molecule has 0 bridgehead atoms. The lowest BCUT2D eigenvalue weighted by Gasteiger charge is -2.41. The van der Waals surface area contributed by atoms with Gasteiger partial charge in [0.2, 0.25) is 0 Å². The van der Waals surface area contributed by atoms with Crippen LogP contribution >= 0.6 is 11.8 Å². The van der Waals surface area contributed by atoms with Crippen LogP contribution in [-0.4, -0.2) is 57.5 Å². The highest BCUT2D eigenvalue weighted by molar-refractivity contribution is 7.99. The Hall–Kier alpha value is -1.15. The van der Waals surface area contributed by atoms with Crippen molar-refractivity contribution in [3.63, 3.8) is 0 Å². The Morgan fingerprint density at radius 1 is 1.08 bits per heavy atom. The first-order valence-corrected chi connectivity index (χ1v) is 9.52. The van der Waals surface area contributed by atoms with Crippen LogP contribution in [-0.2, 0) is 16.1 Å².